The summed E-state index contributed by atoms with van der Waals surface area (Å²) in [5, 5.41) is 18.3. The van der Waals surface area contributed by atoms with Gasteiger partial charge in [0.2, 0.25) is 11.8 Å². The molecule has 3 aromatic rings. The Bertz CT molecular complexity index is 1420. The van der Waals surface area contributed by atoms with Gasteiger partial charge in [0.1, 0.15) is 12.6 Å². The number of aliphatic hydroxyl groups is 1. The van der Waals surface area contributed by atoms with E-state index in [0.717, 1.165) is 33.5 Å². The number of hydrogen-bond acceptors (Lipinski definition) is 6. The van der Waals surface area contributed by atoms with Crippen molar-refractivity contribution in [3.63, 3.8) is 0 Å². The number of amides is 3. The van der Waals surface area contributed by atoms with E-state index in [9.17, 15) is 19.5 Å². The molecule has 3 amide bonds. The maximum Gasteiger partial charge on any atom is 0.407 e. The van der Waals surface area contributed by atoms with Crippen molar-refractivity contribution in [2.45, 2.75) is 70.9 Å². The van der Waals surface area contributed by atoms with E-state index in [2.05, 4.69) is 16.0 Å². The van der Waals surface area contributed by atoms with Crippen molar-refractivity contribution < 1.29 is 24.2 Å². The number of rotatable bonds is 11. The summed E-state index contributed by atoms with van der Waals surface area (Å²) in [6.45, 7) is 6.38. The minimum absolute atomic E-state index is 0.145. The minimum Gasteiger partial charge on any atom is -0.445 e. The average molecular weight is 587 g/mol. The van der Waals surface area contributed by atoms with Gasteiger partial charge >= 0.3 is 6.09 Å². The highest BCUT2D eigenvalue weighted by Crippen LogP contribution is 2.30. The molecule has 0 fully saturated rings. The first-order valence-corrected chi connectivity index (χ1v) is 14.7. The molecule has 0 saturated carbocycles. The number of hydrogen-bond donors (Lipinski definition) is 4. The Hall–Kier alpha value is -4.21. The standard InChI is InChI=1S/C34H42N4O5/c1-23(39)20-36-34(2,3)19-31(40)37-29-18-17-26-9-6-8-12-30(26)38(32(29)41)21-24-13-15-25(16-14-24)28-11-7-5-10-27(28)22-43-33(42)35-4/h5-16,23,29,36,39H,17-22H2,1-4H3,(H,35,42)(H,37,40)/t23-,29-/m1/s1. The predicted molar refractivity (Wildman–Crippen MR) is 167 cm³/mol. The first-order chi connectivity index (χ1) is 20.6. The molecule has 1 heterocycles. The van der Waals surface area contributed by atoms with Crippen LogP contribution < -0.4 is 20.9 Å². The number of carbonyl (C=O) groups is 3. The molecule has 43 heavy (non-hydrogen) atoms. The lowest BCUT2D eigenvalue weighted by atomic mass is 9.98. The van der Waals surface area contributed by atoms with Crippen LogP contribution in [-0.2, 0) is 33.9 Å². The van der Waals surface area contributed by atoms with Gasteiger partial charge in [0.05, 0.1) is 12.6 Å². The van der Waals surface area contributed by atoms with Crippen molar-refractivity contribution in [2.75, 3.05) is 18.5 Å². The maximum absolute atomic E-state index is 13.9. The molecule has 0 radical (unpaired) electrons. The number of ether oxygens (including phenoxy) is 1. The number of fused-ring (bicyclic) bond motifs is 1. The van der Waals surface area contributed by atoms with Crippen LogP contribution in [0.5, 0.6) is 0 Å². The quantitative estimate of drug-likeness (QED) is 0.266. The van der Waals surface area contributed by atoms with Crippen LogP contribution in [0.2, 0.25) is 0 Å². The highest BCUT2D eigenvalue weighted by atomic mass is 16.5. The van der Waals surface area contributed by atoms with E-state index in [-0.39, 0.29) is 24.8 Å². The van der Waals surface area contributed by atoms with Gasteiger partial charge in [-0.1, -0.05) is 66.7 Å². The fourth-order valence-electron chi connectivity index (χ4n) is 5.26. The molecule has 4 N–H and O–H groups in total. The third kappa shape index (κ3) is 8.65. The van der Waals surface area contributed by atoms with E-state index in [4.69, 9.17) is 4.74 Å². The molecule has 228 valence electrons. The molecule has 9 nitrogen and oxygen atoms in total. The number of anilines is 1. The van der Waals surface area contributed by atoms with Crippen LogP contribution in [-0.4, -0.2) is 54.3 Å². The fourth-order valence-corrected chi connectivity index (χ4v) is 5.26. The molecule has 0 aromatic heterocycles. The largest absolute Gasteiger partial charge is 0.445 e. The van der Waals surface area contributed by atoms with Gasteiger partial charge in [-0.25, -0.2) is 4.79 Å². The van der Waals surface area contributed by atoms with E-state index in [0.29, 0.717) is 25.9 Å². The second kappa shape index (κ2) is 14.3. The number of benzene rings is 3. The molecule has 1 aliphatic rings. The first kappa shape index (κ1) is 31.7. The van der Waals surface area contributed by atoms with E-state index in [1.165, 1.54) is 7.05 Å². The Kier molecular flexibility index (Phi) is 10.6. The zero-order valence-corrected chi connectivity index (χ0v) is 25.4. The number of aryl methyl sites for hydroxylation is 1. The number of carbonyl (C=O) groups excluding carboxylic acids is 3. The molecule has 9 heteroatoms. The third-order valence-corrected chi connectivity index (χ3v) is 7.55. The number of nitrogens with one attached hydrogen (secondary N) is 3. The smallest absolute Gasteiger partial charge is 0.407 e. The summed E-state index contributed by atoms with van der Waals surface area (Å²) in [4.78, 5) is 40.3. The number of nitrogens with zero attached hydrogens (tertiary/aromatic N) is 1. The van der Waals surface area contributed by atoms with Gasteiger partial charge in [-0.3, -0.25) is 9.59 Å². The summed E-state index contributed by atoms with van der Waals surface area (Å²) in [6.07, 6.45) is 0.338. The van der Waals surface area contributed by atoms with Crippen LogP contribution in [0.15, 0.2) is 72.8 Å². The average Bonchev–Trinajstić information content (AvgIpc) is 3.11. The number of β-amino-alcohol motifs (C(OH)–C–C–N with tert-alkyl or cyclic N) is 1. The van der Waals surface area contributed by atoms with Crippen LogP contribution in [0.4, 0.5) is 10.5 Å². The second-order valence-corrected chi connectivity index (χ2v) is 11.7. The molecule has 4 rings (SSSR count). The van der Waals surface area contributed by atoms with E-state index < -0.39 is 23.8 Å². The van der Waals surface area contributed by atoms with Gasteiger partial charge in [0, 0.05) is 31.2 Å². The number of para-hydroxylation sites is 1. The first-order valence-electron chi connectivity index (χ1n) is 14.7. The zero-order valence-electron chi connectivity index (χ0n) is 25.4. The molecule has 0 spiro atoms. The maximum atomic E-state index is 13.9. The number of aliphatic hydroxyl groups excluding tert-OH is 1. The second-order valence-electron chi connectivity index (χ2n) is 11.7. The highest BCUT2D eigenvalue weighted by Gasteiger charge is 2.32. The lowest BCUT2D eigenvalue weighted by Crippen LogP contribution is -2.51. The number of alkyl carbamates (subject to hydrolysis) is 1. The van der Waals surface area contributed by atoms with Crippen LogP contribution >= 0.6 is 0 Å². The topological polar surface area (TPSA) is 120 Å². The van der Waals surface area contributed by atoms with Gasteiger partial charge in [0.15, 0.2) is 0 Å². The SMILES string of the molecule is CNC(=O)OCc1ccccc1-c1ccc(CN2C(=O)[C@H](NC(=O)CC(C)(C)NC[C@@H](C)O)CCc3ccccc32)cc1. The molecule has 1 aliphatic heterocycles. The van der Waals surface area contributed by atoms with E-state index in [1.54, 1.807) is 11.8 Å². The van der Waals surface area contributed by atoms with Crippen molar-refractivity contribution in [2.24, 2.45) is 0 Å². The van der Waals surface area contributed by atoms with Gasteiger partial charge in [-0.15, -0.1) is 0 Å². The fraction of sp³-hybridized carbons (Fsp3) is 0.382. The molecule has 0 saturated heterocycles. The van der Waals surface area contributed by atoms with Crippen molar-refractivity contribution in [3.05, 3.63) is 89.5 Å². The Balaban J connectivity index is 1.51. The van der Waals surface area contributed by atoms with Crippen molar-refractivity contribution in [1.29, 1.82) is 0 Å². The van der Waals surface area contributed by atoms with Crippen LogP contribution in [0, 0.1) is 0 Å². The molecule has 0 bridgehead atoms. The Morgan fingerprint density at radius 1 is 1.05 bits per heavy atom. The van der Waals surface area contributed by atoms with Gasteiger partial charge in [0.25, 0.3) is 0 Å². The third-order valence-electron chi connectivity index (χ3n) is 7.55. The Morgan fingerprint density at radius 2 is 1.74 bits per heavy atom. The Morgan fingerprint density at radius 3 is 2.47 bits per heavy atom. The van der Waals surface area contributed by atoms with Crippen LogP contribution in [0.1, 0.15) is 50.3 Å². The summed E-state index contributed by atoms with van der Waals surface area (Å²) in [6, 6.07) is 23.0. The predicted octanol–water partition coefficient (Wildman–Crippen LogP) is 4.31. The molecule has 3 aromatic carbocycles. The minimum atomic E-state index is -0.654. The molecule has 2 atom stereocenters. The van der Waals surface area contributed by atoms with Crippen LogP contribution in [0.3, 0.4) is 0 Å². The molecular formula is C34H42N4O5. The normalized spacial score (nSPS) is 15.7. The van der Waals surface area contributed by atoms with Gasteiger partial charge in [-0.05, 0) is 67.5 Å². The summed E-state index contributed by atoms with van der Waals surface area (Å²) in [7, 11) is 1.52. The van der Waals surface area contributed by atoms with Gasteiger partial charge < -0.3 is 30.7 Å². The highest BCUT2D eigenvalue weighted by molar-refractivity contribution is 6.00. The summed E-state index contributed by atoms with van der Waals surface area (Å²) < 4.78 is 5.27. The molecular weight excluding hydrogens is 544 g/mol. The van der Waals surface area contributed by atoms with E-state index in [1.807, 2.05) is 86.6 Å². The van der Waals surface area contributed by atoms with Crippen molar-refractivity contribution in [1.82, 2.24) is 16.0 Å². The molecule has 0 unspecified atom stereocenters. The summed E-state index contributed by atoms with van der Waals surface area (Å²) >= 11 is 0. The summed E-state index contributed by atoms with van der Waals surface area (Å²) in [5.74, 6) is -0.357. The molecule has 0 aliphatic carbocycles. The van der Waals surface area contributed by atoms with Crippen LogP contribution in [0.25, 0.3) is 11.1 Å². The Labute approximate surface area is 253 Å². The lowest BCUT2D eigenvalue weighted by Gasteiger charge is -2.29. The van der Waals surface area contributed by atoms with E-state index >= 15 is 0 Å². The van der Waals surface area contributed by atoms with Crippen molar-refractivity contribution in [3.8, 4) is 11.1 Å². The lowest BCUT2D eigenvalue weighted by molar-refractivity contribution is -0.128. The zero-order chi connectivity index (χ0) is 31.0. The monoisotopic (exact) mass is 586 g/mol. The van der Waals surface area contributed by atoms with Gasteiger partial charge in [-0.2, -0.15) is 0 Å². The summed E-state index contributed by atoms with van der Waals surface area (Å²) in [5.41, 5.74) is 5.14. The van der Waals surface area contributed by atoms with Crippen molar-refractivity contribution >= 4 is 23.6 Å².